The van der Waals surface area contributed by atoms with Crippen molar-refractivity contribution in [3.8, 4) is 0 Å². The Morgan fingerprint density at radius 2 is 0.882 bits per heavy atom. The second kappa shape index (κ2) is 38.5. The number of ether oxygens (including phenoxy) is 2. The highest BCUT2D eigenvalue weighted by Crippen LogP contribution is 2.42. The van der Waals surface area contributed by atoms with Gasteiger partial charge in [0.15, 0.2) is 6.10 Å². The van der Waals surface area contributed by atoms with Gasteiger partial charge in [0.05, 0.1) is 6.61 Å². The van der Waals surface area contributed by atoms with E-state index in [4.69, 9.17) is 14.0 Å². The molecule has 51 heavy (non-hydrogen) atoms. The van der Waals surface area contributed by atoms with Gasteiger partial charge in [-0.2, -0.15) is 0 Å². The van der Waals surface area contributed by atoms with Crippen molar-refractivity contribution in [2.45, 2.75) is 225 Å². The Morgan fingerprint density at radius 3 is 1.27 bits per heavy atom. The molecule has 8 nitrogen and oxygen atoms in total. The van der Waals surface area contributed by atoms with Crippen LogP contribution in [0.3, 0.4) is 0 Å². The zero-order valence-corrected chi connectivity index (χ0v) is 34.4. The van der Waals surface area contributed by atoms with Crippen molar-refractivity contribution in [2.75, 3.05) is 20.3 Å². The molecular formula is C42H81O8P. The van der Waals surface area contributed by atoms with E-state index >= 15 is 0 Å². The van der Waals surface area contributed by atoms with E-state index in [1.807, 2.05) is 0 Å². The maximum atomic E-state index is 12.5. The van der Waals surface area contributed by atoms with Gasteiger partial charge in [0.2, 0.25) is 0 Å². The van der Waals surface area contributed by atoms with Crippen molar-refractivity contribution in [1.29, 1.82) is 0 Å². The molecule has 0 aromatic heterocycles. The standard InChI is InChI=1S/C42H81O8P/c1-4-6-8-10-12-14-16-18-20-21-23-25-27-29-31-33-35-37-42(44)50-40(39-49-51(45,46)47-3)38-48-41(43)36-34-32-30-28-26-24-22-19-17-15-13-11-9-7-5-2/h18,20,40H,4-17,19,21-39H2,1-3H3,(H,45,46)/b20-18-. The van der Waals surface area contributed by atoms with Gasteiger partial charge in [0.1, 0.15) is 6.61 Å². The molecule has 0 bridgehead atoms. The first-order chi connectivity index (χ1) is 24.8. The molecule has 0 aliphatic heterocycles. The van der Waals surface area contributed by atoms with Gasteiger partial charge < -0.3 is 14.4 Å². The molecule has 0 aromatic rings. The maximum absolute atomic E-state index is 12.5. The lowest BCUT2D eigenvalue weighted by atomic mass is 10.0. The van der Waals surface area contributed by atoms with Crippen LogP contribution in [0, 0.1) is 0 Å². The molecule has 1 N–H and O–H groups in total. The molecule has 0 amide bonds. The summed E-state index contributed by atoms with van der Waals surface area (Å²) >= 11 is 0. The minimum atomic E-state index is -4.26. The SMILES string of the molecule is CCCCCCCC/C=C\CCCCCCCCCC(=O)OC(COC(=O)CCCCCCCCCCCCCCCCC)COP(=O)(O)OC. The molecule has 2 unspecified atom stereocenters. The fourth-order valence-corrected chi connectivity index (χ4v) is 6.64. The Balaban J connectivity index is 3.97. The van der Waals surface area contributed by atoms with E-state index in [1.165, 1.54) is 141 Å². The van der Waals surface area contributed by atoms with Gasteiger partial charge in [-0.15, -0.1) is 0 Å². The zero-order valence-electron chi connectivity index (χ0n) is 33.5. The van der Waals surface area contributed by atoms with Crippen molar-refractivity contribution in [3.05, 3.63) is 12.2 Å². The van der Waals surface area contributed by atoms with E-state index in [1.54, 1.807) is 0 Å². The van der Waals surface area contributed by atoms with Gasteiger partial charge in [-0.25, -0.2) is 4.57 Å². The molecule has 2 atom stereocenters. The van der Waals surface area contributed by atoms with Crippen LogP contribution in [-0.2, 0) is 32.7 Å². The molecular weight excluding hydrogens is 663 g/mol. The summed E-state index contributed by atoms with van der Waals surface area (Å²) in [6.07, 6.45) is 41.1. The monoisotopic (exact) mass is 745 g/mol. The first kappa shape index (κ1) is 49.8. The van der Waals surface area contributed by atoms with Crippen molar-refractivity contribution in [1.82, 2.24) is 0 Å². The number of phosphoric acid groups is 1. The Hall–Kier alpha value is -1.21. The summed E-state index contributed by atoms with van der Waals surface area (Å²) in [5.74, 6) is -0.797. The minimum absolute atomic E-state index is 0.221. The van der Waals surface area contributed by atoms with Crippen molar-refractivity contribution < 1.29 is 37.6 Å². The van der Waals surface area contributed by atoms with E-state index in [0.717, 1.165) is 52.1 Å². The fraction of sp³-hybridized carbons (Fsp3) is 0.905. The summed E-state index contributed by atoms with van der Waals surface area (Å²) in [5.41, 5.74) is 0. The number of carbonyl (C=O) groups is 2. The molecule has 0 aromatic carbocycles. The van der Waals surface area contributed by atoms with Gasteiger partial charge in [-0.3, -0.25) is 18.6 Å². The maximum Gasteiger partial charge on any atom is 0.472 e. The Labute approximate surface area is 314 Å². The number of hydrogen-bond acceptors (Lipinski definition) is 7. The number of phosphoric ester groups is 1. The average molecular weight is 745 g/mol. The van der Waals surface area contributed by atoms with Crippen molar-refractivity contribution in [2.24, 2.45) is 0 Å². The highest BCUT2D eigenvalue weighted by molar-refractivity contribution is 7.47. The Morgan fingerprint density at radius 1 is 0.529 bits per heavy atom. The highest BCUT2D eigenvalue weighted by atomic mass is 31.2. The summed E-state index contributed by atoms with van der Waals surface area (Å²) in [6, 6.07) is 0. The minimum Gasteiger partial charge on any atom is -0.462 e. The van der Waals surface area contributed by atoms with Gasteiger partial charge in [0.25, 0.3) is 0 Å². The zero-order chi connectivity index (χ0) is 37.5. The van der Waals surface area contributed by atoms with Crippen LogP contribution < -0.4 is 0 Å². The molecule has 0 heterocycles. The van der Waals surface area contributed by atoms with Crippen LogP contribution in [-0.4, -0.2) is 43.3 Å². The predicted octanol–water partition coefficient (Wildman–Crippen LogP) is 13.3. The predicted molar refractivity (Wildman–Crippen MR) is 212 cm³/mol. The summed E-state index contributed by atoms with van der Waals surface area (Å²) in [6.45, 7) is 3.90. The summed E-state index contributed by atoms with van der Waals surface area (Å²) in [4.78, 5) is 34.4. The Bertz CT molecular complexity index is 849. The van der Waals surface area contributed by atoms with E-state index < -0.39 is 26.5 Å². The normalized spacial score (nSPS) is 13.4. The Kier molecular flexibility index (Phi) is 37.6. The fourth-order valence-electron chi connectivity index (χ4n) is 6.18. The van der Waals surface area contributed by atoms with Gasteiger partial charge in [-0.1, -0.05) is 180 Å². The van der Waals surface area contributed by atoms with Crippen LogP contribution in [0.1, 0.15) is 219 Å². The molecule has 0 radical (unpaired) electrons. The molecule has 0 spiro atoms. The van der Waals surface area contributed by atoms with Crippen LogP contribution >= 0.6 is 7.82 Å². The quantitative estimate of drug-likeness (QED) is 0.0286. The molecule has 0 aliphatic carbocycles. The van der Waals surface area contributed by atoms with E-state index in [9.17, 15) is 19.0 Å². The van der Waals surface area contributed by atoms with Crippen LogP contribution in [0.15, 0.2) is 12.2 Å². The smallest absolute Gasteiger partial charge is 0.462 e. The summed E-state index contributed by atoms with van der Waals surface area (Å²) < 4.78 is 32.0. The van der Waals surface area contributed by atoms with Gasteiger partial charge in [-0.05, 0) is 38.5 Å². The van der Waals surface area contributed by atoms with Crippen LogP contribution in [0.2, 0.25) is 0 Å². The lowest BCUT2D eigenvalue weighted by Gasteiger charge is -2.19. The molecule has 302 valence electrons. The average Bonchev–Trinajstić information content (AvgIpc) is 3.12. The molecule has 0 aliphatic rings. The first-order valence-electron chi connectivity index (χ1n) is 21.4. The number of rotatable bonds is 40. The number of hydrogen-bond donors (Lipinski definition) is 1. The molecule has 9 heteroatoms. The second-order valence-electron chi connectivity index (χ2n) is 14.5. The third-order valence-corrected chi connectivity index (χ3v) is 10.4. The van der Waals surface area contributed by atoms with E-state index in [-0.39, 0.29) is 19.0 Å². The van der Waals surface area contributed by atoms with Crippen LogP contribution in [0.4, 0.5) is 0 Å². The van der Waals surface area contributed by atoms with Gasteiger partial charge >= 0.3 is 19.8 Å². The van der Waals surface area contributed by atoms with Crippen molar-refractivity contribution in [3.63, 3.8) is 0 Å². The topological polar surface area (TPSA) is 108 Å². The largest absolute Gasteiger partial charge is 0.472 e. The van der Waals surface area contributed by atoms with E-state index in [0.29, 0.717) is 12.8 Å². The number of carbonyl (C=O) groups excluding carboxylic acids is 2. The molecule has 0 saturated heterocycles. The van der Waals surface area contributed by atoms with Crippen LogP contribution in [0.25, 0.3) is 0 Å². The van der Waals surface area contributed by atoms with Gasteiger partial charge in [0, 0.05) is 20.0 Å². The molecule has 0 fully saturated rings. The third kappa shape index (κ3) is 38.3. The van der Waals surface area contributed by atoms with Crippen molar-refractivity contribution >= 4 is 19.8 Å². The van der Waals surface area contributed by atoms with E-state index in [2.05, 4.69) is 30.5 Å². The summed E-state index contributed by atoms with van der Waals surface area (Å²) in [5, 5.41) is 0. The number of esters is 2. The lowest BCUT2D eigenvalue weighted by molar-refractivity contribution is -0.161. The highest BCUT2D eigenvalue weighted by Gasteiger charge is 2.24. The second-order valence-corrected chi connectivity index (χ2v) is 16.0. The first-order valence-corrected chi connectivity index (χ1v) is 22.9. The summed E-state index contributed by atoms with van der Waals surface area (Å²) in [7, 11) is -3.19. The van der Waals surface area contributed by atoms with Crippen LogP contribution in [0.5, 0.6) is 0 Å². The third-order valence-electron chi connectivity index (χ3n) is 9.51. The number of allylic oxidation sites excluding steroid dienone is 2. The number of unbranched alkanes of at least 4 members (excludes halogenated alkanes) is 27. The molecule has 0 rings (SSSR count). The molecule has 0 saturated carbocycles. The lowest BCUT2D eigenvalue weighted by Crippen LogP contribution is -2.29.